The number of hydrogen-bond acceptors (Lipinski definition) is 3. The van der Waals surface area contributed by atoms with Gasteiger partial charge >= 0.3 is 0 Å². The first kappa shape index (κ1) is 13.1. The van der Waals surface area contributed by atoms with Crippen LogP contribution in [0.15, 0.2) is 30.3 Å². The van der Waals surface area contributed by atoms with Crippen LogP contribution in [0.2, 0.25) is 5.02 Å². The van der Waals surface area contributed by atoms with E-state index in [0.29, 0.717) is 27.0 Å². The number of rotatable bonds is 2. The second kappa shape index (κ2) is 4.88. The molecule has 102 valence electrons. The number of aromatic nitrogens is 3. The summed E-state index contributed by atoms with van der Waals surface area (Å²) in [5.74, 6) is 0.0383. The van der Waals surface area contributed by atoms with Crippen LogP contribution in [0, 0.1) is 10.6 Å². The minimum atomic E-state index is -0.399. The zero-order valence-corrected chi connectivity index (χ0v) is 11.9. The molecule has 0 unspecified atom stereocenters. The van der Waals surface area contributed by atoms with E-state index >= 15 is 0 Å². The average Bonchev–Trinajstić information content (AvgIpc) is 2.76. The first-order valence-corrected chi connectivity index (χ1v) is 6.50. The summed E-state index contributed by atoms with van der Waals surface area (Å²) >= 11 is 11.4. The van der Waals surface area contributed by atoms with Gasteiger partial charge in [0.05, 0.1) is 23.3 Å². The van der Waals surface area contributed by atoms with Crippen molar-refractivity contribution in [3.63, 3.8) is 0 Å². The van der Waals surface area contributed by atoms with E-state index in [2.05, 4.69) is 9.97 Å². The molecule has 3 rings (SSSR count). The summed E-state index contributed by atoms with van der Waals surface area (Å²) < 4.78 is 20.5. The number of nitrogens with one attached hydrogen (secondary N) is 1. The van der Waals surface area contributed by atoms with Crippen molar-refractivity contribution < 1.29 is 9.13 Å². The van der Waals surface area contributed by atoms with Gasteiger partial charge in [-0.2, -0.15) is 4.98 Å². The van der Waals surface area contributed by atoms with Gasteiger partial charge in [-0.25, -0.2) is 4.39 Å². The number of H-pyrrole nitrogens is 1. The van der Waals surface area contributed by atoms with Gasteiger partial charge in [0.1, 0.15) is 5.82 Å². The summed E-state index contributed by atoms with van der Waals surface area (Å²) in [7, 11) is 1.52. The first-order chi connectivity index (χ1) is 9.60. The number of benzene rings is 1. The molecule has 0 aliphatic rings. The number of pyridine rings is 1. The van der Waals surface area contributed by atoms with E-state index in [-0.39, 0.29) is 0 Å². The zero-order chi connectivity index (χ0) is 14.3. The fourth-order valence-corrected chi connectivity index (χ4v) is 2.46. The lowest BCUT2D eigenvalue weighted by Crippen LogP contribution is -1.98. The third-order valence-corrected chi connectivity index (χ3v) is 3.47. The van der Waals surface area contributed by atoms with Crippen LogP contribution in [0.5, 0.6) is 5.88 Å². The number of imidazole rings is 1. The molecule has 1 N–H and O–H groups in total. The van der Waals surface area contributed by atoms with Gasteiger partial charge < -0.3 is 9.72 Å². The normalized spacial score (nSPS) is 10.9. The molecule has 0 aliphatic heterocycles. The molecule has 0 saturated heterocycles. The highest BCUT2D eigenvalue weighted by Gasteiger charge is 2.12. The maximum absolute atomic E-state index is 13.5. The molecular weight excluding hydrogens is 301 g/mol. The highest BCUT2D eigenvalue weighted by atomic mass is 35.5. The monoisotopic (exact) mass is 309 g/mol. The number of fused-ring (bicyclic) bond motifs is 1. The molecule has 2 heterocycles. The number of methoxy groups -OCH3 is 1. The van der Waals surface area contributed by atoms with Crippen LogP contribution in [0.1, 0.15) is 0 Å². The van der Waals surface area contributed by atoms with Gasteiger partial charge in [-0.05, 0) is 36.5 Å². The third-order valence-electron chi connectivity index (χ3n) is 2.86. The van der Waals surface area contributed by atoms with Crippen molar-refractivity contribution in [1.82, 2.24) is 14.5 Å². The summed E-state index contributed by atoms with van der Waals surface area (Å²) in [6, 6.07) is 7.59. The van der Waals surface area contributed by atoms with E-state index in [0.717, 1.165) is 5.52 Å². The molecular formula is C13H9ClFN3OS. The van der Waals surface area contributed by atoms with Crippen molar-refractivity contribution in [3.05, 3.63) is 45.9 Å². The maximum Gasteiger partial charge on any atom is 0.215 e. The van der Waals surface area contributed by atoms with Crippen LogP contribution in [-0.2, 0) is 0 Å². The molecule has 1 aromatic carbocycles. The minimum Gasteiger partial charge on any atom is -0.481 e. The van der Waals surface area contributed by atoms with Crippen molar-refractivity contribution in [1.29, 1.82) is 0 Å². The Kier molecular flexibility index (Phi) is 3.19. The van der Waals surface area contributed by atoms with Crippen LogP contribution in [0.3, 0.4) is 0 Å². The summed E-state index contributed by atoms with van der Waals surface area (Å²) in [5, 5.41) is 0.382. The zero-order valence-electron chi connectivity index (χ0n) is 10.4. The Bertz CT molecular complexity index is 858. The van der Waals surface area contributed by atoms with Gasteiger partial charge in [0.25, 0.3) is 0 Å². The molecule has 0 saturated carbocycles. The highest BCUT2D eigenvalue weighted by molar-refractivity contribution is 7.71. The van der Waals surface area contributed by atoms with E-state index in [4.69, 9.17) is 28.6 Å². The van der Waals surface area contributed by atoms with Crippen molar-refractivity contribution in [3.8, 4) is 11.6 Å². The molecule has 3 aromatic rings. The fraction of sp³-hybridized carbons (Fsp3) is 0.0769. The van der Waals surface area contributed by atoms with Crippen molar-refractivity contribution in [2.45, 2.75) is 0 Å². The predicted octanol–water partition coefficient (Wildman–Crippen LogP) is 3.88. The molecule has 4 nitrogen and oxygen atoms in total. The second-order valence-corrected chi connectivity index (χ2v) is 4.88. The summed E-state index contributed by atoms with van der Waals surface area (Å²) in [6.45, 7) is 0. The van der Waals surface area contributed by atoms with E-state index < -0.39 is 5.82 Å². The van der Waals surface area contributed by atoms with Crippen molar-refractivity contribution in [2.24, 2.45) is 0 Å². The smallest absolute Gasteiger partial charge is 0.215 e. The lowest BCUT2D eigenvalue weighted by molar-refractivity contribution is 0.399. The minimum absolute atomic E-state index is 0.382. The molecule has 0 bridgehead atoms. The number of aromatic amines is 1. The Hall–Kier alpha value is -1.92. The molecule has 0 atom stereocenters. The summed E-state index contributed by atoms with van der Waals surface area (Å²) in [6.07, 6.45) is 0. The van der Waals surface area contributed by atoms with E-state index in [1.807, 2.05) is 0 Å². The van der Waals surface area contributed by atoms with Gasteiger partial charge in [0, 0.05) is 6.07 Å². The standard InChI is InChI=1S/C13H9ClFN3OS/c1-19-11-5-4-9-12(17-11)18(13(20)16-9)10-6-7(15)2-3-8(10)14/h2-6H,1H3,(H,16,20). The Morgan fingerprint density at radius 1 is 1.35 bits per heavy atom. The average molecular weight is 310 g/mol. The highest BCUT2D eigenvalue weighted by Crippen LogP contribution is 2.26. The maximum atomic E-state index is 13.5. The van der Waals surface area contributed by atoms with Crippen molar-refractivity contribution >= 4 is 35.0 Å². The van der Waals surface area contributed by atoms with Gasteiger partial charge in [0.2, 0.25) is 5.88 Å². The van der Waals surface area contributed by atoms with Crippen LogP contribution < -0.4 is 4.74 Å². The Morgan fingerprint density at radius 2 is 2.15 bits per heavy atom. The lowest BCUT2D eigenvalue weighted by Gasteiger charge is -2.07. The van der Waals surface area contributed by atoms with Gasteiger partial charge in [-0.1, -0.05) is 11.6 Å². The largest absolute Gasteiger partial charge is 0.481 e. The summed E-state index contributed by atoms with van der Waals surface area (Å²) in [5.41, 5.74) is 1.68. The number of hydrogen-bond donors (Lipinski definition) is 1. The number of ether oxygens (including phenoxy) is 1. The van der Waals surface area contributed by atoms with Crippen LogP contribution in [0.4, 0.5) is 4.39 Å². The lowest BCUT2D eigenvalue weighted by atomic mass is 10.3. The predicted molar refractivity (Wildman–Crippen MR) is 77.8 cm³/mol. The summed E-state index contributed by atoms with van der Waals surface area (Å²) in [4.78, 5) is 7.33. The number of nitrogens with zero attached hydrogens (tertiary/aromatic N) is 2. The van der Waals surface area contributed by atoms with Crippen LogP contribution in [-0.4, -0.2) is 21.6 Å². The van der Waals surface area contributed by atoms with E-state index in [1.165, 1.54) is 25.3 Å². The molecule has 0 aliphatic carbocycles. The van der Waals surface area contributed by atoms with E-state index in [9.17, 15) is 4.39 Å². The first-order valence-electron chi connectivity index (χ1n) is 5.71. The molecule has 2 aromatic heterocycles. The molecule has 7 heteroatoms. The van der Waals surface area contributed by atoms with E-state index in [1.54, 1.807) is 16.7 Å². The van der Waals surface area contributed by atoms with Gasteiger partial charge in [-0.3, -0.25) is 4.57 Å². The molecule has 0 amide bonds. The fourth-order valence-electron chi connectivity index (χ4n) is 1.96. The molecule has 20 heavy (non-hydrogen) atoms. The van der Waals surface area contributed by atoms with Crippen LogP contribution in [0.25, 0.3) is 16.9 Å². The van der Waals surface area contributed by atoms with Gasteiger partial charge in [0.15, 0.2) is 10.4 Å². The molecule has 0 fully saturated rings. The van der Waals surface area contributed by atoms with Crippen LogP contribution >= 0.6 is 23.8 Å². The quantitative estimate of drug-likeness (QED) is 0.730. The Morgan fingerprint density at radius 3 is 2.90 bits per heavy atom. The molecule has 0 radical (unpaired) electrons. The van der Waals surface area contributed by atoms with Gasteiger partial charge in [-0.15, -0.1) is 0 Å². The Labute approximate surface area is 123 Å². The van der Waals surface area contributed by atoms with Crippen molar-refractivity contribution in [2.75, 3.05) is 7.11 Å². The molecule has 0 spiro atoms. The second-order valence-electron chi connectivity index (χ2n) is 4.09. The SMILES string of the molecule is COc1ccc2[nH]c(=S)n(-c3cc(F)ccc3Cl)c2n1. The topological polar surface area (TPSA) is 42.8 Å². The Balaban J connectivity index is 2.37. The number of halogens is 2. The third kappa shape index (κ3) is 2.07.